The minimum atomic E-state index is -0.105. The van der Waals surface area contributed by atoms with Crippen LogP contribution in [0, 0.1) is 0 Å². The van der Waals surface area contributed by atoms with Gasteiger partial charge in [-0.2, -0.15) is 0 Å². The summed E-state index contributed by atoms with van der Waals surface area (Å²) in [5, 5.41) is 17.0. The van der Waals surface area contributed by atoms with E-state index in [9.17, 15) is 4.79 Å². The van der Waals surface area contributed by atoms with Gasteiger partial charge in [-0.25, -0.2) is 4.68 Å². The van der Waals surface area contributed by atoms with E-state index in [2.05, 4.69) is 38.5 Å². The molecular formula is C19H28ClN5OS. The van der Waals surface area contributed by atoms with Crippen LogP contribution in [0.3, 0.4) is 0 Å². The van der Waals surface area contributed by atoms with Crippen LogP contribution in [-0.2, 0) is 5.41 Å². The highest BCUT2D eigenvalue weighted by Gasteiger charge is 2.35. The first-order valence-corrected chi connectivity index (χ1v) is 10.6. The number of thiophene rings is 1. The van der Waals surface area contributed by atoms with Gasteiger partial charge in [-0.05, 0) is 50.2 Å². The van der Waals surface area contributed by atoms with Crippen molar-refractivity contribution in [2.24, 2.45) is 0 Å². The van der Waals surface area contributed by atoms with Crippen LogP contribution < -0.4 is 10.6 Å². The summed E-state index contributed by atoms with van der Waals surface area (Å²) in [4.78, 5) is 14.1. The number of hydrogen-bond donors (Lipinski definition) is 2. The van der Waals surface area contributed by atoms with Crippen molar-refractivity contribution in [3.8, 4) is 0 Å². The van der Waals surface area contributed by atoms with Crippen LogP contribution in [0.2, 0.25) is 0 Å². The summed E-state index contributed by atoms with van der Waals surface area (Å²) in [6, 6.07) is 4.68. The molecule has 2 aromatic heterocycles. The van der Waals surface area contributed by atoms with E-state index < -0.39 is 0 Å². The molecule has 0 unspecified atom stereocenters. The molecule has 0 aromatic carbocycles. The van der Waals surface area contributed by atoms with Crippen LogP contribution in [0.1, 0.15) is 66.4 Å². The molecule has 8 heteroatoms. The van der Waals surface area contributed by atoms with Gasteiger partial charge in [-0.15, -0.1) is 28.8 Å². The number of hydrogen-bond acceptors (Lipinski definition) is 5. The third-order valence-corrected chi connectivity index (χ3v) is 6.98. The van der Waals surface area contributed by atoms with E-state index in [1.807, 2.05) is 22.2 Å². The molecule has 4 rings (SSSR count). The van der Waals surface area contributed by atoms with Gasteiger partial charge in [0.25, 0.3) is 5.91 Å². The Bertz CT molecular complexity index is 720. The summed E-state index contributed by atoms with van der Waals surface area (Å²) >= 11 is 1.81. The predicted octanol–water partition coefficient (Wildman–Crippen LogP) is 3.32. The molecule has 2 aliphatic rings. The van der Waals surface area contributed by atoms with E-state index in [1.54, 1.807) is 0 Å². The largest absolute Gasteiger partial charge is 0.350 e. The average Bonchev–Trinajstić information content (AvgIpc) is 3.40. The molecule has 1 aliphatic heterocycles. The maximum atomic E-state index is 12.7. The first-order chi connectivity index (χ1) is 12.8. The first-order valence-electron chi connectivity index (χ1n) is 9.72. The third kappa shape index (κ3) is 4.52. The average molecular weight is 410 g/mol. The van der Waals surface area contributed by atoms with Crippen molar-refractivity contribution in [3.05, 3.63) is 34.3 Å². The van der Waals surface area contributed by atoms with Crippen molar-refractivity contribution < 1.29 is 4.79 Å². The van der Waals surface area contributed by atoms with Crippen molar-refractivity contribution in [2.45, 2.75) is 56.4 Å². The predicted molar refractivity (Wildman–Crippen MR) is 110 cm³/mol. The molecule has 1 amide bonds. The molecule has 1 aliphatic carbocycles. The van der Waals surface area contributed by atoms with Crippen LogP contribution in [0.25, 0.3) is 0 Å². The Morgan fingerprint density at radius 1 is 1.30 bits per heavy atom. The van der Waals surface area contributed by atoms with E-state index in [-0.39, 0.29) is 23.7 Å². The smallest absolute Gasteiger partial charge is 0.273 e. The monoisotopic (exact) mass is 409 g/mol. The van der Waals surface area contributed by atoms with Gasteiger partial charge in [0, 0.05) is 16.8 Å². The summed E-state index contributed by atoms with van der Waals surface area (Å²) in [5.41, 5.74) is 0.522. The molecule has 2 fully saturated rings. The van der Waals surface area contributed by atoms with Gasteiger partial charge < -0.3 is 10.6 Å². The van der Waals surface area contributed by atoms with Gasteiger partial charge in [0.15, 0.2) is 5.69 Å². The summed E-state index contributed by atoms with van der Waals surface area (Å²) in [5.74, 6) is -0.105. The number of nitrogens with one attached hydrogen (secondary N) is 2. The fraction of sp³-hybridized carbons (Fsp3) is 0.632. The lowest BCUT2D eigenvalue weighted by atomic mass is 9.73. The number of nitrogens with zero attached hydrogens (tertiary/aromatic N) is 3. The normalized spacial score (nSPS) is 20.0. The zero-order chi connectivity index (χ0) is 17.8. The van der Waals surface area contributed by atoms with Crippen molar-refractivity contribution in [2.75, 3.05) is 19.6 Å². The molecule has 148 valence electrons. The zero-order valence-corrected chi connectivity index (χ0v) is 17.2. The molecule has 0 atom stereocenters. The number of aromatic nitrogens is 3. The number of carbonyl (C=O) groups is 1. The Morgan fingerprint density at radius 3 is 2.78 bits per heavy atom. The molecule has 1 saturated heterocycles. The van der Waals surface area contributed by atoms with Crippen molar-refractivity contribution in [1.29, 1.82) is 0 Å². The zero-order valence-electron chi connectivity index (χ0n) is 15.5. The van der Waals surface area contributed by atoms with Gasteiger partial charge in [0.05, 0.1) is 12.2 Å². The highest BCUT2D eigenvalue weighted by Crippen LogP contribution is 2.41. The minimum Gasteiger partial charge on any atom is -0.350 e. The van der Waals surface area contributed by atoms with E-state index in [1.165, 1.54) is 24.1 Å². The second-order valence-electron chi connectivity index (χ2n) is 7.57. The molecule has 1 saturated carbocycles. The lowest BCUT2D eigenvalue weighted by Crippen LogP contribution is -2.41. The molecule has 0 bridgehead atoms. The molecule has 0 radical (unpaired) electrons. The maximum Gasteiger partial charge on any atom is 0.273 e. The second-order valence-corrected chi connectivity index (χ2v) is 8.51. The quantitative estimate of drug-likeness (QED) is 0.794. The van der Waals surface area contributed by atoms with Gasteiger partial charge >= 0.3 is 0 Å². The summed E-state index contributed by atoms with van der Waals surface area (Å²) in [6.45, 7) is 2.68. The first kappa shape index (κ1) is 20.3. The molecule has 2 N–H and O–H groups in total. The van der Waals surface area contributed by atoms with E-state index in [4.69, 9.17) is 0 Å². The third-order valence-electron chi connectivity index (χ3n) is 5.87. The number of rotatable bonds is 5. The second kappa shape index (κ2) is 9.17. The highest BCUT2D eigenvalue weighted by atomic mass is 35.5. The standard InChI is InChI=1S/C19H27N5OS.ClH/c25-18(16-13-24(23-22-16)15-6-10-20-11-7-15)21-14-19(8-2-1-3-9-19)17-5-4-12-26-17;/h4-5,12-13,15,20H,1-3,6-11,14H2,(H,21,25);1H. The van der Waals surface area contributed by atoms with Gasteiger partial charge in [0.2, 0.25) is 0 Å². The summed E-state index contributed by atoms with van der Waals surface area (Å²) < 4.78 is 1.87. The van der Waals surface area contributed by atoms with Crippen molar-refractivity contribution >= 4 is 29.7 Å². The molecule has 3 heterocycles. The molecule has 0 spiro atoms. The van der Waals surface area contributed by atoms with Crippen LogP contribution in [0.4, 0.5) is 0 Å². The van der Waals surface area contributed by atoms with Crippen LogP contribution >= 0.6 is 23.7 Å². The Labute approximate surface area is 170 Å². The van der Waals surface area contributed by atoms with Crippen molar-refractivity contribution in [1.82, 2.24) is 25.6 Å². The Kier molecular flexibility index (Phi) is 6.89. The Hall–Kier alpha value is -1.44. The van der Waals surface area contributed by atoms with Crippen LogP contribution in [-0.4, -0.2) is 40.5 Å². The summed E-state index contributed by atoms with van der Waals surface area (Å²) in [6.07, 6.45) is 9.94. The fourth-order valence-corrected chi connectivity index (χ4v) is 5.28. The highest BCUT2D eigenvalue weighted by molar-refractivity contribution is 7.10. The molecule has 27 heavy (non-hydrogen) atoms. The SMILES string of the molecule is Cl.O=C(NCC1(c2cccs2)CCCCC1)c1cn(C2CCNCC2)nn1. The number of piperidine rings is 1. The Morgan fingerprint density at radius 2 is 2.07 bits per heavy atom. The lowest BCUT2D eigenvalue weighted by Gasteiger charge is -2.36. The molecule has 2 aromatic rings. The van der Waals surface area contributed by atoms with Crippen molar-refractivity contribution in [3.63, 3.8) is 0 Å². The van der Waals surface area contributed by atoms with E-state index in [0.29, 0.717) is 18.3 Å². The maximum absolute atomic E-state index is 12.7. The van der Waals surface area contributed by atoms with Gasteiger partial charge in [-0.3, -0.25) is 4.79 Å². The topological polar surface area (TPSA) is 71.8 Å². The van der Waals surface area contributed by atoms with E-state index in [0.717, 1.165) is 38.8 Å². The van der Waals surface area contributed by atoms with Crippen LogP contribution in [0.5, 0.6) is 0 Å². The van der Waals surface area contributed by atoms with E-state index >= 15 is 0 Å². The number of amides is 1. The molecule has 6 nitrogen and oxygen atoms in total. The Balaban J connectivity index is 0.00000210. The van der Waals surface area contributed by atoms with Crippen LogP contribution in [0.15, 0.2) is 23.7 Å². The van der Waals surface area contributed by atoms with Gasteiger partial charge in [-0.1, -0.05) is 30.5 Å². The van der Waals surface area contributed by atoms with Gasteiger partial charge in [0.1, 0.15) is 0 Å². The summed E-state index contributed by atoms with van der Waals surface area (Å²) in [7, 11) is 0. The minimum absolute atomic E-state index is 0. The number of carbonyl (C=O) groups excluding carboxylic acids is 1. The lowest BCUT2D eigenvalue weighted by molar-refractivity contribution is 0.0932. The number of halogens is 1. The fourth-order valence-electron chi connectivity index (χ4n) is 4.29. The molecular weight excluding hydrogens is 382 g/mol.